The van der Waals surface area contributed by atoms with Gasteiger partial charge in [0, 0.05) is 27.7 Å². The van der Waals surface area contributed by atoms with E-state index in [-0.39, 0.29) is 11.3 Å². The number of ether oxygens (including phenoxy) is 6. The van der Waals surface area contributed by atoms with Gasteiger partial charge in [0.2, 0.25) is 12.4 Å². The van der Waals surface area contributed by atoms with Crippen molar-refractivity contribution in [3.8, 4) is 5.75 Å². The van der Waals surface area contributed by atoms with E-state index in [0.29, 0.717) is 0 Å². The van der Waals surface area contributed by atoms with Crippen molar-refractivity contribution in [3.63, 3.8) is 0 Å². The van der Waals surface area contributed by atoms with E-state index in [1.807, 2.05) is 18.2 Å². The fourth-order valence-corrected chi connectivity index (χ4v) is 4.29. The van der Waals surface area contributed by atoms with Crippen LogP contribution in [0.1, 0.15) is 56.6 Å². The first kappa shape index (κ1) is 32.0. The molecule has 0 spiro atoms. The largest absolute Gasteiger partial charge is 0.463 e. The molecule has 1 aliphatic rings. The van der Waals surface area contributed by atoms with E-state index in [2.05, 4.69) is 5.32 Å². The van der Waals surface area contributed by atoms with E-state index in [1.165, 1.54) is 6.07 Å². The fraction of sp³-hybridized carbons (Fsp3) is 0.414. The second kappa shape index (κ2) is 14.4. The molecular formula is C29H32FNO11. The molecule has 42 heavy (non-hydrogen) atoms. The van der Waals surface area contributed by atoms with Crippen molar-refractivity contribution in [1.29, 1.82) is 0 Å². The van der Waals surface area contributed by atoms with Crippen LogP contribution in [-0.2, 0) is 42.9 Å². The SMILES string of the molecule is CC(=O)OCC1OC(Oc2ccc(F)cc2C(=O)N[C@@H](C)c2ccccc2)C(OC(C)=O)C(OC(C)=O)C1OC(C)=O. The molecule has 0 saturated carbocycles. The minimum atomic E-state index is -1.60. The standard InChI is InChI=1S/C29H32FNO11/c1-15(20-9-7-6-8-10-20)31-28(36)22-13-21(30)11-12-23(22)41-29-27(40-19(5)35)26(39-18(4)34)25(38-17(3)33)24(42-29)14-37-16(2)32/h6-13,15,24-27,29H,14H2,1-5H3,(H,31,36)/t15-,24?,25?,26?,27?,29?/m0/s1. The van der Waals surface area contributed by atoms with Crippen LogP contribution in [0.4, 0.5) is 4.39 Å². The first-order valence-corrected chi connectivity index (χ1v) is 13.0. The molecule has 2 aromatic carbocycles. The van der Waals surface area contributed by atoms with Gasteiger partial charge in [-0.1, -0.05) is 30.3 Å². The lowest BCUT2D eigenvalue weighted by Crippen LogP contribution is -2.63. The molecular weight excluding hydrogens is 557 g/mol. The first-order chi connectivity index (χ1) is 19.8. The van der Waals surface area contributed by atoms with Gasteiger partial charge in [-0.3, -0.25) is 24.0 Å². The molecule has 0 radical (unpaired) electrons. The lowest BCUT2D eigenvalue weighted by atomic mass is 9.98. The number of benzene rings is 2. The van der Waals surface area contributed by atoms with Crippen LogP contribution in [0.25, 0.3) is 0 Å². The summed E-state index contributed by atoms with van der Waals surface area (Å²) in [6, 6.07) is 11.8. The molecule has 3 rings (SSSR count). The van der Waals surface area contributed by atoms with Gasteiger partial charge in [0.1, 0.15) is 24.3 Å². The summed E-state index contributed by atoms with van der Waals surface area (Å²) < 4.78 is 47.4. The number of hydrogen-bond donors (Lipinski definition) is 1. The Bertz CT molecular complexity index is 1300. The molecule has 0 aliphatic carbocycles. The van der Waals surface area contributed by atoms with Crippen LogP contribution in [0.3, 0.4) is 0 Å². The number of hydrogen-bond acceptors (Lipinski definition) is 11. The third kappa shape index (κ3) is 8.74. The molecule has 1 heterocycles. The highest BCUT2D eigenvalue weighted by atomic mass is 19.1. The van der Waals surface area contributed by atoms with E-state index in [0.717, 1.165) is 45.4 Å². The predicted molar refractivity (Wildman–Crippen MR) is 141 cm³/mol. The summed E-state index contributed by atoms with van der Waals surface area (Å²) >= 11 is 0. The highest BCUT2D eigenvalue weighted by molar-refractivity contribution is 5.97. The average Bonchev–Trinajstić information content (AvgIpc) is 2.91. The van der Waals surface area contributed by atoms with E-state index in [9.17, 15) is 28.4 Å². The third-order valence-electron chi connectivity index (χ3n) is 6.02. The number of halogens is 1. The Morgan fingerprint density at radius 1 is 0.833 bits per heavy atom. The van der Waals surface area contributed by atoms with Crippen molar-refractivity contribution in [2.24, 2.45) is 0 Å². The Balaban J connectivity index is 2.00. The number of carbonyl (C=O) groups excluding carboxylic acids is 5. The van der Waals surface area contributed by atoms with Crippen molar-refractivity contribution < 1.29 is 56.8 Å². The molecule has 13 heteroatoms. The Morgan fingerprint density at radius 2 is 1.43 bits per heavy atom. The third-order valence-corrected chi connectivity index (χ3v) is 6.02. The zero-order chi connectivity index (χ0) is 31.0. The van der Waals surface area contributed by atoms with Gasteiger partial charge in [0.15, 0.2) is 12.2 Å². The molecule has 226 valence electrons. The van der Waals surface area contributed by atoms with Gasteiger partial charge in [-0.15, -0.1) is 0 Å². The Labute approximate surface area is 241 Å². The van der Waals surface area contributed by atoms with Crippen LogP contribution in [0.5, 0.6) is 5.75 Å². The van der Waals surface area contributed by atoms with E-state index < -0.39 is 79.0 Å². The highest BCUT2D eigenvalue weighted by Gasteiger charge is 2.53. The summed E-state index contributed by atoms with van der Waals surface area (Å²) in [5, 5.41) is 2.77. The van der Waals surface area contributed by atoms with Crippen LogP contribution in [0, 0.1) is 5.82 Å². The molecule has 1 amide bonds. The summed E-state index contributed by atoms with van der Waals surface area (Å²) in [6.45, 7) is 5.67. The molecule has 1 aliphatic heterocycles. The van der Waals surface area contributed by atoms with Gasteiger partial charge < -0.3 is 33.7 Å². The summed E-state index contributed by atoms with van der Waals surface area (Å²) in [6.07, 6.45) is -7.28. The highest BCUT2D eigenvalue weighted by Crippen LogP contribution is 2.32. The minimum absolute atomic E-state index is 0.171. The van der Waals surface area contributed by atoms with E-state index >= 15 is 0 Å². The molecule has 0 bridgehead atoms. The van der Waals surface area contributed by atoms with Crippen molar-refractivity contribution >= 4 is 29.8 Å². The zero-order valence-electron chi connectivity index (χ0n) is 23.7. The van der Waals surface area contributed by atoms with Crippen molar-refractivity contribution in [2.75, 3.05) is 6.61 Å². The van der Waals surface area contributed by atoms with E-state index in [4.69, 9.17) is 28.4 Å². The maximum Gasteiger partial charge on any atom is 0.303 e. The quantitative estimate of drug-likeness (QED) is 0.322. The first-order valence-electron chi connectivity index (χ1n) is 13.0. The number of rotatable bonds is 10. The Kier molecular flexibility index (Phi) is 11.0. The van der Waals surface area contributed by atoms with Crippen LogP contribution in [0.15, 0.2) is 48.5 Å². The maximum absolute atomic E-state index is 14.3. The molecule has 2 aromatic rings. The number of amides is 1. The average molecular weight is 590 g/mol. The molecule has 5 unspecified atom stereocenters. The minimum Gasteiger partial charge on any atom is -0.463 e. The summed E-state index contributed by atoms with van der Waals surface area (Å²) in [7, 11) is 0. The van der Waals surface area contributed by atoms with Crippen molar-refractivity contribution in [1.82, 2.24) is 5.32 Å². The Morgan fingerprint density at radius 3 is 2.02 bits per heavy atom. The van der Waals surface area contributed by atoms with E-state index in [1.54, 1.807) is 19.1 Å². The second-order valence-corrected chi connectivity index (χ2v) is 9.43. The number of carbonyl (C=O) groups is 5. The van der Waals surface area contributed by atoms with Gasteiger partial charge in [-0.25, -0.2) is 4.39 Å². The van der Waals surface area contributed by atoms with Crippen LogP contribution >= 0.6 is 0 Å². The van der Waals surface area contributed by atoms with Crippen molar-refractivity contribution in [3.05, 3.63) is 65.5 Å². The van der Waals surface area contributed by atoms with Gasteiger partial charge in [-0.05, 0) is 30.7 Å². The Hall–Kier alpha value is -4.52. The van der Waals surface area contributed by atoms with Gasteiger partial charge in [0.25, 0.3) is 5.91 Å². The lowest BCUT2D eigenvalue weighted by molar-refractivity contribution is -0.288. The topological polar surface area (TPSA) is 153 Å². The molecule has 1 saturated heterocycles. The van der Waals surface area contributed by atoms with Crippen LogP contribution in [0.2, 0.25) is 0 Å². The zero-order valence-corrected chi connectivity index (χ0v) is 23.7. The summed E-state index contributed by atoms with van der Waals surface area (Å²) in [4.78, 5) is 60.9. The number of nitrogens with one attached hydrogen (secondary N) is 1. The molecule has 6 atom stereocenters. The second-order valence-electron chi connectivity index (χ2n) is 9.43. The number of esters is 4. The lowest BCUT2D eigenvalue weighted by Gasteiger charge is -2.44. The molecule has 12 nitrogen and oxygen atoms in total. The van der Waals surface area contributed by atoms with Crippen molar-refractivity contribution in [2.45, 2.75) is 71.4 Å². The monoisotopic (exact) mass is 589 g/mol. The van der Waals surface area contributed by atoms with Crippen LogP contribution in [-0.4, -0.2) is 67.1 Å². The van der Waals surface area contributed by atoms with Gasteiger partial charge in [0.05, 0.1) is 11.6 Å². The van der Waals surface area contributed by atoms with Gasteiger partial charge in [-0.2, -0.15) is 0 Å². The summed E-state index contributed by atoms with van der Waals surface area (Å²) in [5.74, 6) is -4.72. The predicted octanol–water partition coefficient (Wildman–Crippen LogP) is 2.78. The summed E-state index contributed by atoms with van der Waals surface area (Å²) in [5.41, 5.74) is 0.579. The molecule has 0 aromatic heterocycles. The maximum atomic E-state index is 14.3. The van der Waals surface area contributed by atoms with Crippen LogP contribution < -0.4 is 10.1 Å². The fourth-order valence-electron chi connectivity index (χ4n) is 4.29. The smallest absolute Gasteiger partial charge is 0.303 e. The molecule has 1 fully saturated rings. The molecule has 1 N–H and O–H groups in total. The van der Waals surface area contributed by atoms with Gasteiger partial charge >= 0.3 is 23.9 Å². The normalized spacial score (nSPS) is 22.2.